The molecule has 1 aromatic heterocycles. The summed E-state index contributed by atoms with van der Waals surface area (Å²) >= 11 is 1.77. The predicted molar refractivity (Wildman–Crippen MR) is 86.8 cm³/mol. The molecule has 2 heterocycles. The minimum absolute atomic E-state index is 0.00791. The van der Waals surface area contributed by atoms with Crippen molar-refractivity contribution in [2.45, 2.75) is 18.9 Å². The van der Waals surface area contributed by atoms with Gasteiger partial charge in [-0.15, -0.1) is 11.3 Å². The Bertz CT molecular complexity index is 690. The molecule has 3 rings (SSSR count). The molecular weight excluding hydrogens is 294 g/mol. The van der Waals surface area contributed by atoms with Crippen LogP contribution in [0.4, 0.5) is 5.69 Å². The number of carbonyl (C=O) groups excluding carboxylic acids is 1. The summed E-state index contributed by atoms with van der Waals surface area (Å²) in [5.41, 5.74) is 1.25. The van der Waals surface area contributed by atoms with Crippen molar-refractivity contribution >= 4 is 22.9 Å². The molecule has 0 aliphatic carbocycles. The van der Waals surface area contributed by atoms with Gasteiger partial charge in [0.15, 0.2) is 6.54 Å². The van der Waals surface area contributed by atoms with Gasteiger partial charge in [-0.3, -0.25) is 4.79 Å². The first-order valence-electron chi connectivity index (χ1n) is 7.44. The first kappa shape index (κ1) is 14.8. The number of benzene rings is 1. The third-order valence-electron chi connectivity index (χ3n) is 4.03. The smallest absolute Gasteiger partial charge is 0.279 e. The van der Waals surface area contributed by atoms with Crippen LogP contribution in [0.2, 0.25) is 0 Å². The number of hydrogen-bond acceptors (Lipinski definition) is 3. The van der Waals surface area contributed by atoms with Crippen LogP contribution in [0.5, 0.6) is 0 Å². The molecule has 1 amide bonds. The van der Waals surface area contributed by atoms with E-state index in [1.807, 2.05) is 6.07 Å². The minimum Gasteiger partial charge on any atom is -0.321 e. The number of carbonyl (C=O) groups is 1. The molecule has 5 heteroatoms. The van der Waals surface area contributed by atoms with Crippen LogP contribution in [-0.4, -0.2) is 19.0 Å². The Morgan fingerprint density at radius 1 is 1.41 bits per heavy atom. The first-order valence-corrected chi connectivity index (χ1v) is 8.32. The molecule has 2 N–H and O–H groups in total. The summed E-state index contributed by atoms with van der Waals surface area (Å²) in [7, 11) is 0. The number of amides is 1. The van der Waals surface area contributed by atoms with E-state index in [1.165, 1.54) is 9.78 Å². The van der Waals surface area contributed by atoms with Crippen LogP contribution in [0.15, 0.2) is 41.8 Å². The molecule has 1 aromatic carbocycles. The maximum atomic E-state index is 12.3. The molecule has 112 valence electrons. The quantitative estimate of drug-likeness (QED) is 0.907. The van der Waals surface area contributed by atoms with Gasteiger partial charge >= 0.3 is 0 Å². The van der Waals surface area contributed by atoms with Gasteiger partial charge in [0.1, 0.15) is 6.04 Å². The third-order valence-corrected chi connectivity index (χ3v) is 5.02. The van der Waals surface area contributed by atoms with Crippen molar-refractivity contribution in [3.8, 4) is 6.07 Å². The van der Waals surface area contributed by atoms with Crippen LogP contribution < -0.4 is 10.2 Å². The molecular formula is C17H18N3OS+. The molecule has 1 fully saturated rings. The van der Waals surface area contributed by atoms with Crippen molar-refractivity contribution in [1.82, 2.24) is 0 Å². The molecule has 1 aliphatic rings. The zero-order valence-corrected chi connectivity index (χ0v) is 13.0. The molecule has 1 aliphatic heterocycles. The third kappa shape index (κ3) is 3.35. The van der Waals surface area contributed by atoms with Gasteiger partial charge in [0.2, 0.25) is 0 Å². The van der Waals surface area contributed by atoms with E-state index in [0.29, 0.717) is 23.8 Å². The van der Waals surface area contributed by atoms with Gasteiger partial charge in [0, 0.05) is 18.5 Å². The van der Waals surface area contributed by atoms with Crippen LogP contribution in [0, 0.1) is 11.3 Å². The number of hydrogen-bond donors (Lipinski definition) is 2. The number of likely N-dealkylation sites (tertiary alicyclic amines) is 1. The van der Waals surface area contributed by atoms with E-state index in [2.05, 4.69) is 28.9 Å². The van der Waals surface area contributed by atoms with Crippen LogP contribution >= 0.6 is 11.3 Å². The Balaban J connectivity index is 1.62. The normalized spacial score (nSPS) is 20.5. The van der Waals surface area contributed by atoms with Crippen molar-refractivity contribution in [1.29, 1.82) is 5.26 Å². The molecule has 22 heavy (non-hydrogen) atoms. The largest absolute Gasteiger partial charge is 0.321 e. The van der Waals surface area contributed by atoms with E-state index in [9.17, 15) is 4.79 Å². The van der Waals surface area contributed by atoms with Crippen molar-refractivity contribution in [3.05, 3.63) is 52.2 Å². The minimum atomic E-state index is 0.00791. The zero-order valence-electron chi connectivity index (χ0n) is 12.2. The van der Waals surface area contributed by atoms with Crippen LogP contribution in [0.25, 0.3) is 0 Å². The molecule has 1 unspecified atom stereocenters. The number of nitrogens with zero attached hydrogens (tertiary/aromatic N) is 1. The second-order valence-electron chi connectivity index (χ2n) is 5.54. The van der Waals surface area contributed by atoms with Crippen molar-refractivity contribution in [2.75, 3.05) is 18.4 Å². The van der Waals surface area contributed by atoms with Gasteiger partial charge < -0.3 is 10.2 Å². The summed E-state index contributed by atoms with van der Waals surface area (Å²) in [6.07, 6.45) is 2.31. The lowest BCUT2D eigenvalue weighted by Crippen LogP contribution is -3.11. The fraction of sp³-hybridized carbons (Fsp3) is 0.294. The van der Waals surface area contributed by atoms with Crippen molar-refractivity contribution in [3.63, 3.8) is 0 Å². The van der Waals surface area contributed by atoms with Gasteiger partial charge in [-0.1, -0.05) is 12.1 Å². The average molecular weight is 312 g/mol. The Kier molecular flexibility index (Phi) is 4.52. The summed E-state index contributed by atoms with van der Waals surface area (Å²) < 4.78 is 0. The lowest BCUT2D eigenvalue weighted by atomic mass is 10.2. The average Bonchev–Trinajstić information content (AvgIpc) is 3.18. The fourth-order valence-electron chi connectivity index (χ4n) is 3.03. The summed E-state index contributed by atoms with van der Waals surface area (Å²) in [4.78, 5) is 15.0. The highest BCUT2D eigenvalue weighted by atomic mass is 32.1. The van der Waals surface area contributed by atoms with Crippen molar-refractivity contribution < 1.29 is 9.69 Å². The fourth-order valence-corrected chi connectivity index (χ4v) is 3.95. The number of quaternary nitrogens is 1. The standard InChI is InChI=1S/C17H17N3OS/c18-11-13-4-1-5-14(10-13)19-17(21)12-20-8-2-6-15(20)16-7-3-9-22-16/h1,3-5,7,9-10,15H,2,6,8,12H2,(H,19,21)/p+1/t15-/m0/s1. The molecule has 1 saturated heterocycles. The van der Waals surface area contributed by atoms with E-state index in [1.54, 1.807) is 29.5 Å². The van der Waals surface area contributed by atoms with E-state index < -0.39 is 0 Å². The predicted octanol–water partition coefficient (Wildman–Crippen LogP) is 1.98. The topological polar surface area (TPSA) is 57.3 Å². The van der Waals surface area contributed by atoms with Gasteiger partial charge in [-0.2, -0.15) is 5.26 Å². The maximum absolute atomic E-state index is 12.3. The van der Waals surface area contributed by atoms with Crippen molar-refractivity contribution in [2.24, 2.45) is 0 Å². The van der Waals surface area contributed by atoms with Crippen LogP contribution in [-0.2, 0) is 4.79 Å². The Morgan fingerprint density at radius 2 is 2.32 bits per heavy atom. The Labute approximate surface area is 134 Å². The molecule has 2 aromatic rings. The maximum Gasteiger partial charge on any atom is 0.279 e. The van der Waals surface area contributed by atoms with E-state index in [4.69, 9.17) is 5.26 Å². The van der Waals surface area contributed by atoms with Gasteiger partial charge in [-0.05, 0) is 29.6 Å². The summed E-state index contributed by atoms with van der Waals surface area (Å²) in [6.45, 7) is 1.51. The monoisotopic (exact) mass is 312 g/mol. The van der Waals surface area contributed by atoms with E-state index >= 15 is 0 Å². The second kappa shape index (κ2) is 6.73. The Hall–Kier alpha value is -2.16. The van der Waals surface area contributed by atoms with Gasteiger partial charge in [0.05, 0.1) is 23.1 Å². The van der Waals surface area contributed by atoms with Crippen LogP contribution in [0.1, 0.15) is 29.3 Å². The summed E-state index contributed by atoms with van der Waals surface area (Å²) in [6, 6.07) is 13.8. The molecule has 0 saturated carbocycles. The van der Waals surface area contributed by atoms with Gasteiger partial charge in [0.25, 0.3) is 5.91 Å². The molecule has 0 radical (unpaired) electrons. The highest BCUT2D eigenvalue weighted by molar-refractivity contribution is 7.10. The van der Waals surface area contributed by atoms with E-state index in [-0.39, 0.29) is 5.91 Å². The zero-order chi connectivity index (χ0) is 15.4. The molecule has 4 nitrogen and oxygen atoms in total. The lowest BCUT2D eigenvalue weighted by molar-refractivity contribution is -0.910. The second-order valence-corrected chi connectivity index (χ2v) is 6.52. The number of rotatable bonds is 4. The summed E-state index contributed by atoms with van der Waals surface area (Å²) in [5.74, 6) is 0.00791. The number of nitrogens with one attached hydrogen (secondary N) is 2. The molecule has 0 bridgehead atoms. The Morgan fingerprint density at radius 3 is 3.09 bits per heavy atom. The highest BCUT2D eigenvalue weighted by Crippen LogP contribution is 2.23. The SMILES string of the molecule is N#Cc1cccc(NC(=O)C[NH+]2CCC[C@H]2c2cccs2)c1. The van der Waals surface area contributed by atoms with E-state index in [0.717, 1.165) is 19.4 Å². The van der Waals surface area contributed by atoms with Crippen LogP contribution in [0.3, 0.4) is 0 Å². The first-order chi connectivity index (χ1) is 10.8. The molecule has 0 spiro atoms. The van der Waals surface area contributed by atoms with Gasteiger partial charge in [-0.25, -0.2) is 0 Å². The molecule has 2 atom stereocenters. The number of nitriles is 1. The number of anilines is 1. The summed E-state index contributed by atoms with van der Waals surface area (Å²) in [5, 5.41) is 13.9. The number of thiophene rings is 1. The highest BCUT2D eigenvalue weighted by Gasteiger charge is 2.32. The lowest BCUT2D eigenvalue weighted by Gasteiger charge is -2.20.